The van der Waals surface area contributed by atoms with Crippen molar-refractivity contribution in [3.05, 3.63) is 66.0 Å². The Bertz CT molecular complexity index is 704. The van der Waals surface area contributed by atoms with Crippen molar-refractivity contribution in [2.45, 2.75) is 37.8 Å². The van der Waals surface area contributed by atoms with E-state index in [0.29, 0.717) is 18.6 Å². The van der Waals surface area contributed by atoms with Gasteiger partial charge >= 0.3 is 0 Å². The van der Waals surface area contributed by atoms with Gasteiger partial charge in [-0.2, -0.15) is 0 Å². The van der Waals surface area contributed by atoms with Gasteiger partial charge in [0.1, 0.15) is 0 Å². The van der Waals surface area contributed by atoms with Gasteiger partial charge in [-0.05, 0) is 43.5 Å². The SMILES string of the molecule is O=C(NCCc1ccccn1)[C@@H]1C[C@H](c2ccccc2)N2CCC[C@@H]12. The maximum Gasteiger partial charge on any atom is 0.224 e. The van der Waals surface area contributed by atoms with Crippen LogP contribution in [0.4, 0.5) is 0 Å². The van der Waals surface area contributed by atoms with Crippen LogP contribution in [0.2, 0.25) is 0 Å². The van der Waals surface area contributed by atoms with E-state index in [1.807, 2.05) is 18.2 Å². The van der Waals surface area contributed by atoms with Crippen LogP contribution in [-0.2, 0) is 11.2 Å². The molecule has 2 aliphatic rings. The van der Waals surface area contributed by atoms with Crippen molar-refractivity contribution in [2.75, 3.05) is 13.1 Å². The van der Waals surface area contributed by atoms with Crippen LogP contribution in [0.25, 0.3) is 0 Å². The summed E-state index contributed by atoms with van der Waals surface area (Å²) in [5.74, 6) is 0.322. The number of benzene rings is 1. The number of carbonyl (C=O) groups excluding carboxylic acids is 1. The Morgan fingerprint density at radius 1 is 1.16 bits per heavy atom. The molecule has 0 aliphatic carbocycles. The van der Waals surface area contributed by atoms with Gasteiger partial charge < -0.3 is 5.32 Å². The second kappa shape index (κ2) is 7.36. The number of pyridine rings is 1. The molecule has 25 heavy (non-hydrogen) atoms. The van der Waals surface area contributed by atoms with E-state index < -0.39 is 0 Å². The fourth-order valence-corrected chi connectivity index (χ4v) is 4.44. The summed E-state index contributed by atoms with van der Waals surface area (Å²) in [6.07, 6.45) is 5.86. The quantitative estimate of drug-likeness (QED) is 0.914. The molecule has 1 aromatic carbocycles. The van der Waals surface area contributed by atoms with E-state index in [0.717, 1.165) is 31.5 Å². The van der Waals surface area contributed by atoms with E-state index in [2.05, 4.69) is 45.5 Å². The lowest BCUT2D eigenvalue weighted by atomic mass is 9.93. The van der Waals surface area contributed by atoms with Gasteiger partial charge in [0.2, 0.25) is 5.91 Å². The Balaban J connectivity index is 1.39. The number of nitrogens with zero attached hydrogens (tertiary/aromatic N) is 2. The molecule has 1 amide bonds. The highest BCUT2D eigenvalue weighted by molar-refractivity contribution is 5.80. The number of hydrogen-bond donors (Lipinski definition) is 1. The van der Waals surface area contributed by atoms with Crippen molar-refractivity contribution in [3.63, 3.8) is 0 Å². The zero-order valence-corrected chi connectivity index (χ0v) is 14.5. The first kappa shape index (κ1) is 16.3. The maximum atomic E-state index is 12.8. The molecule has 1 aromatic heterocycles. The van der Waals surface area contributed by atoms with Crippen LogP contribution in [0.3, 0.4) is 0 Å². The smallest absolute Gasteiger partial charge is 0.224 e. The second-order valence-corrected chi connectivity index (χ2v) is 7.08. The molecule has 2 fully saturated rings. The minimum Gasteiger partial charge on any atom is -0.355 e. The Morgan fingerprint density at radius 2 is 2.00 bits per heavy atom. The van der Waals surface area contributed by atoms with E-state index in [-0.39, 0.29) is 11.8 Å². The van der Waals surface area contributed by atoms with Gasteiger partial charge in [0.25, 0.3) is 0 Å². The lowest BCUT2D eigenvalue weighted by molar-refractivity contribution is -0.125. The number of carbonyl (C=O) groups is 1. The molecular formula is C21H25N3O. The molecule has 4 rings (SSSR count). The molecule has 1 N–H and O–H groups in total. The molecule has 3 heterocycles. The van der Waals surface area contributed by atoms with Gasteiger partial charge in [0, 0.05) is 36.9 Å². The Labute approximate surface area is 149 Å². The monoisotopic (exact) mass is 335 g/mol. The Kier molecular flexibility index (Phi) is 4.79. The molecule has 4 heteroatoms. The Morgan fingerprint density at radius 3 is 2.80 bits per heavy atom. The third-order valence-electron chi connectivity index (χ3n) is 5.61. The minimum absolute atomic E-state index is 0.108. The highest BCUT2D eigenvalue weighted by Crippen LogP contribution is 2.44. The number of amides is 1. The summed E-state index contributed by atoms with van der Waals surface area (Å²) >= 11 is 0. The van der Waals surface area contributed by atoms with Crippen molar-refractivity contribution in [3.8, 4) is 0 Å². The predicted molar refractivity (Wildman–Crippen MR) is 98.0 cm³/mol. The maximum absolute atomic E-state index is 12.8. The van der Waals surface area contributed by atoms with Gasteiger partial charge in [0.15, 0.2) is 0 Å². The highest BCUT2D eigenvalue weighted by Gasteiger charge is 2.46. The van der Waals surface area contributed by atoms with Crippen LogP contribution in [0.1, 0.15) is 36.6 Å². The van der Waals surface area contributed by atoms with Crippen molar-refractivity contribution < 1.29 is 4.79 Å². The average Bonchev–Trinajstić information content (AvgIpc) is 3.26. The average molecular weight is 335 g/mol. The lowest BCUT2D eigenvalue weighted by Gasteiger charge is -2.24. The zero-order chi connectivity index (χ0) is 17.1. The van der Waals surface area contributed by atoms with Crippen LogP contribution < -0.4 is 5.32 Å². The molecule has 2 aliphatic heterocycles. The molecule has 130 valence electrons. The van der Waals surface area contributed by atoms with Gasteiger partial charge in [0.05, 0.1) is 5.92 Å². The number of rotatable bonds is 5. The van der Waals surface area contributed by atoms with Gasteiger partial charge in [-0.15, -0.1) is 0 Å². The lowest BCUT2D eigenvalue weighted by Crippen LogP contribution is -2.38. The molecule has 3 atom stereocenters. The third kappa shape index (κ3) is 3.45. The minimum atomic E-state index is 0.108. The molecule has 2 saturated heterocycles. The molecule has 0 spiro atoms. The van der Waals surface area contributed by atoms with E-state index in [1.54, 1.807) is 6.20 Å². The van der Waals surface area contributed by atoms with Crippen LogP contribution in [0, 0.1) is 5.92 Å². The molecule has 2 aromatic rings. The van der Waals surface area contributed by atoms with E-state index in [4.69, 9.17) is 0 Å². The van der Waals surface area contributed by atoms with E-state index in [9.17, 15) is 4.79 Å². The summed E-state index contributed by atoms with van der Waals surface area (Å²) in [7, 11) is 0. The van der Waals surface area contributed by atoms with Gasteiger partial charge in [-0.1, -0.05) is 36.4 Å². The number of hydrogen-bond acceptors (Lipinski definition) is 3. The van der Waals surface area contributed by atoms with Crippen LogP contribution in [0.5, 0.6) is 0 Å². The normalized spacial score (nSPS) is 25.7. The summed E-state index contributed by atoms with van der Waals surface area (Å²) in [6.45, 7) is 1.77. The molecule has 0 radical (unpaired) electrons. The van der Waals surface area contributed by atoms with Crippen molar-refractivity contribution in [1.82, 2.24) is 15.2 Å². The Hall–Kier alpha value is -2.20. The topological polar surface area (TPSA) is 45.2 Å². The third-order valence-corrected chi connectivity index (χ3v) is 5.61. The van der Waals surface area contributed by atoms with Crippen LogP contribution in [-0.4, -0.2) is 34.9 Å². The number of aromatic nitrogens is 1. The second-order valence-electron chi connectivity index (χ2n) is 7.08. The summed E-state index contributed by atoms with van der Waals surface area (Å²) in [5, 5.41) is 3.15. The standard InChI is InChI=1S/C21H25N3O/c25-21(23-13-11-17-9-4-5-12-22-17)18-15-20(16-7-2-1-3-8-16)24-14-6-10-19(18)24/h1-5,7-9,12,18-20H,6,10-11,13-15H2,(H,23,25)/t18-,19+,20-/m1/s1. The first-order valence-corrected chi connectivity index (χ1v) is 9.31. The first-order valence-electron chi connectivity index (χ1n) is 9.31. The van der Waals surface area contributed by atoms with Crippen LogP contribution >= 0.6 is 0 Å². The molecular weight excluding hydrogens is 310 g/mol. The largest absolute Gasteiger partial charge is 0.355 e. The van der Waals surface area contributed by atoms with Crippen LogP contribution in [0.15, 0.2) is 54.7 Å². The van der Waals surface area contributed by atoms with Gasteiger partial charge in [-0.25, -0.2) is 0 Å². The molecule has 0 bridgehead atoms. The fraction of sp³-hybridized carbons (Fsp3) is 0.429. The number of nitrogens with one attached hydrogen (secondary N) is 1. The first-order chi connectivity index (χ1) is 12.3. The molecule has 4 nitrogen and oxygen atoms in total. The van der Waals surface area contributed by atoms with Crippen molar-refractivity contribution in [1.29, 1.82) is 0 Å². The summed E-state index contributed by atoms with van der Waals surface area (Å²) < 4.78 is 0. The predicted octanol–water partition coefficient (Wildman–Crippen LogP) is 2.97. The van der Waals surface area contributed by atoms with Gasteiger partial charge in [-0.3, -0.25) is 14.7 Å². The molecule has 0 unspecified atom stereocenters. The summed E-state index contributed by atoms with van der Waals surface area (Å²) in [5.41, 5.74) is 2.37. The van der Waals surface area contributed by atoms with E-state index >= 15 is 0 Å². The summed E-state index contributed by atoms with van der Waals surface area (Å²) in [6, 6.07) is 17.3. The van der Waals surface area contributed by atoms with Crippen molar-refractivity contribution in [2.24, 2.45) is 5.92 Å². The number of fused-ring (bicyclic) bond motifs is 1. The van der Waals surface area contributed by atoms with Crippen molar-refractivity contribution >= 4 is 5.91 Å². The zero-order valence-electron chi connectivity index (χ0n) is 14.5. The highest BCUT2D eigenvalue weighted by atomic mass is 16.2. The fourth-order valence-electron chi connectivity index (χ4n) is 4.44. The molecule has 0 saturated carbocycles. The summed E-state index contributed by atoms with van der Waals surface area (Å²) in [4.78, 5) is 19.7. The van der Waals surface area contributed by atoms with E-state index in [1.165, 1.54) is 12.0 Å².